The number of amides is 1. The van der Waals surface area contributed by atoms with Crippen LogP contribution in [0.2, 0.25) is 0 Å². The Morgan fingerprint density at radius 3 is 2.36 bits per heavy atom. The predicted octanol–water partition coefficient (Wildman–Crippen LogP) is -0.497. The summed E-state index contributed by atoms with van der Waals surface area (Å²) in [5, 5.41) is -1.62. The van der Waals surface area contributed by atoms with Gasteiger partial charge in [-0.3, -0.25) is 9.59 Å². The van der Waals surface area contributed by atoms with Crippen molar-refractivity contribution in [2.75, 3.05) is 33.4 Å². The highest BCUT2D eigenvalue weighted by Gasteiger charge is 2.39. The minimum atomic E-state index is -4.12. The first-order chi connectivity index (χ1) is 11.9. The zero-order valence-electron chi connectivity index (χ0n) is 13.7. The summed E-state index contributed by atoms with van der Waals surface area (Å²) in [7, 11) is -2.67. The molecule has 1 unspecified atom stereocenters. The summed E-state index contributed by atoms with van der Waals surface area (Å²) in [4.78, 5) is 29.6. The van der Waals surface area contributed by atoms with Crippen molar-refractivity contribution >= 4 is 21.7 Å². The van der Waals surface area contributed by atoms with E-state index in [9.17, 15) is 18.0 Å². The van der Waals surface area contributed by atoms with E-state index in [4.69, 9.17) is 15.4 Å². The molecular weight excluding hydrogens is 352 g/mol. The Kier molecular flexibility index (Phi) is 6.34. The average molecular weight is 372 g/mol. The first-order valence-electron chi connectivity index (χ1n) is 7.54. The van der Waals surface area contributed by atoms with Gasteiger partial charge in [0.05, 0.1) is 31.6 Å². The third-order valence-electron chi connectivity index (χ3n) is 3.84. The Morgan fingerprint density at radius 2 is 1.84 bits per heavy atom. The van der Waals surface area contributed by atoms with Crippen LogP contribution in [0.3, 0.4) is 0 Å². The van der Waals surface area contributed by atoms with Gasteiger partial charge >= 0.3 is 5.97 Å². The molecule has 0 bridgehead atoms. The number of nitrogens with two attached hydrogens (primary N) is 1. The predicted molar refractivity (Wildman–Crippen MR) is 86.3 cm³/mol. The van der Waals surface area contributed by atoms with Crippen LogP contribution in [-0.2, 0) is 29.0 Å². The van der Waals surface area contributed by atoms with Crippen molar-refractivity contribution in [2.24, 2.45) is 5.90 Å². The molecule has 2 rings (SSSR count). The summed E-state index contributed by atoms with van der Waals surface area (Å²) in [5.74, 6) is 3.62. The molecule has 9 nitrogen and oxygen atoms in total. The van der Waals surface area contributed by atoms with Crippen LogP contribution >= 0.6 is 0 Å². The van der Waals surface area contributed by atoms with Gasteiger partial charge in [0, 0.05) is 13.1 Å². The number of ether oxygens (including phenoxy) is 2. The molecule has 1 aliphatic rings. The number of sulfone groups is 1. The number of methoxy groups -OCH3 is 1. The number of carbonyl (C=O) groups excluding carboxylic acids is 2. The first kappa shape index (κ1) is 19.2. The van der Waals surface area contributed by atoms with Gasteiger partial charge in [0.25, 0.3) is 0 Å². The van der Waals surface area contributed by atoms with E-state index in [1.807, 2.05) is 0 Å². The Morgan fingerprint density at radius 1 is 1.24 bits per heavy atom. The molecule has 1 saturated heterocycles. The third kappa shape index (κ3) is 4.47. The fourth-order valence-electron chi connectivity index (χ4n) is 2.45. The van der Waals surface area contributed by atoms with E-state index in [0.29, 0.717) is 19.0 Å². The third-order valence-corrected chi connectivity index (χ3v) is 5.89. The summed E-state index contributed by atoms with van der Waals surface area (Å²) >= 11 is 0. The molecule has 0 aromatic heterocycles. The molecule has 1 amide bonds. The van der Waals surface area contributed by atoms with E-state index < -0.39 is 33.4 Å². The van der Waals surface area contributed by atoms with Gasteiger partial charge in [0.15, 0.2) is 15.1 Å². The molecular formula is C15H20N2O7S. The largest absolute Gasteiger partial charge is 0.497 e. The van der Waals surface area contributed by atoms with Crippen LogP contribution in [-0.4, -0.2) is 63.9 Å². The molecule has 1 aliphatic heterocycles. The summed E-state index contributed by atoms with van der Waals surface area (Å²) in [6.07, 6.45) is -0.666. The minimum absolute atomic E-state index is 0.0928. The quantitative estimate of drug-likeness (QED) is 0.663. The van der Waals surface area contributed by atoms with Crippen molar-refractivity contribution in [1.29, 1.82) is 0 Å². The molecule has 138 valence electrons. The van der Waals surface area contributed by atoms with Gasteiger partial charge in [0.1, 0.15) is 5.75 Å². The summed E-state index contributed by atoms with van der Waals surface area (Å²) in [6.45, 7) is 1.13. The zero-order chi connectivity index (χ0) is 18.4. The molecule has 1 aromatic carbocycles. The lowest BCUT2D eigenvalue weighted by molar-refractivity contribution is -0.147. The monoisotopic (exact) mass is 372 g/mol. The topological polar surface area (TPSA) is 125 Å². The van der Waals surface area contributed by atoms with E-state index in [-0.39, 0.29) is 18.0 Å². The van der Waals surface area contributed by atoms with Crippen molar-refractivity contribution in [3.05, 3.63) is 24.3 Å². The van der Waals surface area contributed by atoms with Gasteiger partial charge in [-0.05, 0) is 24.3 Å². The lowest BCUT2D eigenvalue weighted by Gasteiger charge is -2.30. The summed E-state index contributed by atoms with van der Waals surface area (Å²) in [5.41, 5.74) is 0. The second-order valence-corrected chi connectivity index (χ2v) is 7.47. The molecule has 1 heterocycles. The summed E-state index contributed by atoms with van der Waals surface area (Å²) in [6, 6.07) is 5.57. The second-order valence-electron chi connectivity index (χ2n) is 5.34. The fourth-order valence-corrected chi connectivity index (χ4v) is 4.06. The lowest BCUT2D eigenvalue weighted by atomic mass is 10.2. The molecule has 0 radical (unpaired) electrons. The average Bonchev–Trinajstić information content (AvgIpc) is 2.65. The molecule has 0 saturated carbocycles. The van der Waals surface area contributed by atoms with Crippen LogP contribution in [0.1, 0.15) is 6.42 Å². The van der Waals surface area contributed by atoms with Gasteiger partial charge < -0.3 is 19.2 Å². The van der Waals surface area contributed by atoms with Crippen molar-refractivity contribution in [2.45, 2.75) is 16.6 Å². The second kappa shape index (κ2) is 8.28. The maximum absolute atomic E-state index is 12.9. The highest BCUT2D eigenvalue weighted by atomic mass is 32.2. The highest BCUT2D eigenvalue weighted by molar-refractivity contribution is 7.92. The van der Waals surface area contributed by atoms with E-state index in [2.05, 4.69) is 4.84 Å². The zero-order valence-corrected chi connectivity index (χ0v) is 14.5. The molecule has 1 atom stereocenters. The van der Waals surface area contributed by atoms with Crippen molar-refractivity contribution < 1.29 is 32.3 Å². The maximum atomic E-state index is 12.9. The number of rotatable bonds is 6. The van der Waals surface area contributed by atoms with Gasteiger partial charge in [0.2, 0.25) is 5.91 Å². The van der Waals surface area contributed by atoms with Gasteiger partial charge in [-0.15, -0.1) is 0 Å². The van der Waals surface area contributed by atoms with Gasteiger partial charge in [-0.1, -0.05) is 0 Å². The number of morpholine rings is 1. The van der Waals surface area contributed by atoms with Crippen molar-refractivity contribution in [3.63, 3.8) is 0 Å². The Hall–Kier alpha value is -2.17. The van der Waals surface area contributed by atoms with Crippen molar-refractivity contribution in [3.8, 4) is 5.75 Å². The number of hydrogen-bond acceptors (Lipinski definition) is 8. The number of hydrogen-bond donors (Lipinski definition) is 1. The lowest BCUT2D eigenvalue weighted by Crippen LogP contribution is -2.48. The Bertz CT molecular complexity index is 712. The van der Waals surface area contributed by atoms with Crippen LogP contribution in [0.25, 0.3) is 0 Å². The highest BCUT2D eigenvalue weighted by Crippen LogP contribution is 2.23. The number of nitrogens with zero attached hydrogens (tertiary/aromatic N) is 1. The van der Waals surface area contributed by atoms with Crippen LogP contribution < -0.4 is 10.6 Å². The summed E-state index contributed by atoms with van der Waals surface area (Å²) < 4.78 is 35.9. The Balaban J connectivity index is 2.34. The van der Waals surface area contributed by atoms with Crippen LogP contribution in [0, 0.1) is 0 Å². The SMILES string of the molecule is COc1ccc(S(=O)(=O)C(CC(=O)ON)C(=O)N2CCOCC2)cc1. The molecule has 1 aromatic rings. The van der Waals surface area contributed by atoms with Gasteiger partial charge in [-0.2, -0.15) is 5.90 Å². The first-order valence-corrected chi connectivity index (χ1v) is 9.09. The van der Waals surface area contributed by atoms with Crippen LogP contribution in [0.5, 0.6) is 5.75 Å². The van der Waals surface area contributed by atoms with E-state index >= 15 is 0 Å². The molecule has 0 spiro atoms. The van der Waals surface area contributed by atoms with E-state index in [1.165, 1.54) is 36.3 Å². The van der Waals surface area contributed by atoms with E-state index in [1.54, 1.807) is 0 Å². The molecule has 10 heteroatoms. The number of carbonyl (C=O) groups is 2. The molecule has 1 fully saturated rings. The smallest absolute Gasteiger partial charge is 0.326 e. The maximum Gasteiger partial charge on any atom is 0.326 e. The van der Waals surface area contributed by atoms with Gasteiger partial charge in [-0.25, -0.2) is 8.42 Å². The molecule has 0 aliphatic carbocycles. The normalized spacial score (nSPS) is 16.2. The standard InChI is InChI=1S/C15H20N2O7S/c1-22-11-2-4-12(5-3-11)25(20,21)13(10-14(18)24-16)15(19)17-6-8-23-9-7-17/h2-5,13H,6-10,16H2,1H3. The number of benzene rings is 1. The van der Waals surface area contributed by atoms with Crippen molar-refractivity contribution in [1.82, 2.24) is 4.90 Å². The molecule has 25 heavy (non-hydrogen) atoms. The Labute approximate surface area is 145 Å². The fraction of sp³-hybridized carbons (Fsp3) is 0.467. The molecule has 2 N–H and O–H groups in total. The van der Waals surface area contributed by atoms with Crippen LogP contribution in [0.4, 0.5) is 0 Å². The minimum Gasteiger partial charge on any atom is -0.497 e. The van der Waals surface area contributed by atoms with Crippen LogP contribution in [0.15, 0.2) is 29.2 Å². The van der Waals surface area contributed by atoms with E-state index in [0.717, 1.165) is 0 Å².